The van der Waals surface area contributed by atoms with Crippen molar-refractivity contribution >= 4 is 67.1 Å². The summed E-state index contributed by atoms with van der Waals surface area (Å²) >= 11 is 12.5. The third-order valence-electron chi connectivity index (χ3n) is 5.75. The predicted molar refractivity (Wildman–Crippen MR) is 146 cm³/mol. The van der Waals surface area contributed by atoms with E-state index in [1.54, 1.807) is 49.4 Å². The van der Waals surface area contributed by atoms with Crippen LogP contribution in [0.5, 0.6) is 11.5 Å². The zero-order valence-electron chi connectivity index (χ0n) is 20.1. The van der Waals surface area contributed by atoms with Gasteiger partial charge < -0.3 is 15.2 Å². The van der Waals surface area contributed by atoms with Crippen LogP contribution in [0.1, 0.15) is 22.8 Å². The SMILES string of the molecule is CCc1c(N=Nc2c(O)c(C(=O)Nc3c(Cl)cccc3OC)cc3ccccc23)ccc(S(=O)(=O)O)c1Cl. The standard InChI is InChI=1S/C26H21Cl2N3O6S/c1-3-15-19(11-12-21(22(15)28)38(34,35)36)30-31-23-16-8-5-4-7-14(16)13-17(25(23)32)26(33)29-24-18(27)9-6-10-20(24)37-2/h4-13,32H,3H2,1-2H3,(H,29,33)(H,34,35,36). The monoisotopic (exact) mass is 573 g/mol. The second kappa shape index (κ2) is 11.0. The van der Waals surface area contributed by atoms with Gasteiger partial charge in [-0.05, 0) is 47.7 Å². The van der Waals surface area contributed by atoms with Gasteiger partial charge in [-0.25, -0.2) is 0 Å². The summed E-state index contributed by atoms with van der Waals surface area (Å²) in [6, 6.07) is 15.8. The largest absolute Gasteiger partial charge is 0.505 e. The highest BCUT2D eigenvalue weighted by atomic mass is 35.5. The second-order valence-corrected chi connectivity index (χ2v) is 10.2. The number of amides is 1. The molecule has 0 aliphatic heterocycles. The lowest BCUT2D eigenvalue weighted by molar-refractivity contribution is 0.102. The highest BCUT2D eigenvalue weighted by Gasteiger charge is 2.22. The van der Waals surface area contributed by atoms with Crippen LogP contribution in [0.15, 0.2) is 75.8 Å². The van der Waals surface area contributed by atoms with Crippen molar-refractivity contribution in [1.82, 2.24) is 0 Å². The lowest BCUT2D eigenvalue weighted by Crippen LogP contribution is -2.13. The number of methoxy groups -OCH3 is 1. The summed E-state index contributed by atoms with van der Waals surface area (Å²) < 4.78 is 38.0. The average molecular weight is 574 g/mol. The Kier molecular flexibility index (Phi) is 7.89. The molecule has 0 radical (unpaired) electrons. The zero-order chi connectivity index (χ0) is 27.6. The molecule has 0 fully saturated rings. The van der Waals surface area contributed by atoms with Crippen LogP contribution in [0, 0.1) is 0 Å². The fraction of sp³-hybridized carbons (Fsp3) is 0.115. The summed E-state index contributed by atoms with van der Waals surface area (Å²) in [4.78, 5) is 12.8. The number of nitrogens with zero attached hydrogens (tertiary/aromatic N) is 2. The summed E-state index contributed by atoms with van der Waals surface area (Å²) in [5.41, 5.74) is 0.711. The summed E-state index contributed by atoms with van der Waals surface area (Å²) in [6.45, 7) is 1.73. The van der Waals surface area contributed by atoms with E-state index < -0.39 is 26.7 Å². The molecule has 12 heteroatoms. The molecule has 0 spiro atoms. The molecule has 0 saturated heterocycles. The van der Waals surface area contributed by atoms with Gasteiger partial charge in [0.15, 0.2) is 5.75 Å². The van der Waals surface area contributed by atoms with E-state index in [0.717, 1.165) is 6.07 Å². The summed E-state index contributed by atoms with van der Waals surface area (Å²) in [5.74, 6) is -0.760. The number of anilines is 1. The van der Waals surface area contributed by atoms with Crippen LogP contribution in [0.2, 0.25) is 10.0 Å². The molecule has 0 saturated carbocycles. The van der Waals surface area contributed by atoms with E-state index in [2.05, 4.69) is 15.5 Å². The highest BCUT2D eigenvalue weighted by molar-refractivity contribution is 7.86. The maximum absolute atomic E-state index is 13.2. The Hall–Kier alpha value is -3.70. The van der Waals surface area contributed by atoms with Crippen LogP contribution in [0.4, 0.5) is 17.1 Å². The van der Waals surface area contributed by atoms with E-state index in [4.69, 9.17) is 27.9 Å². The Balaban J connectivity index is 1.83. The molecule has 4 rings (SSSR count). The second-order valence-electron chi connectivity index (χ2n) is 8.02. The number of hydrogen-bond acceptors (Lipinski definition) is 7. The molecule has 196 valence electrons. The van der Waals surface area contributed by atoms with Crippen molar-refractivity contribution < 1.29 is 27.6 Å². The number of nitrogens with one attached hydrogen (secondary N) is 1. The highest BCUT2D eigenvalue weighted by Crippen LogP contribution is 2.41. The molecule has 0 bridgehead atoms. The van der Waals surface area contributed by atoms with Gasteiger partial charge in [-0.2, -0.15) is 13.5 Å². The number of hydrogen-bond donors (Lipinski definition) is 3. The van der Waals surface area contributed by atoms with Crippen LogP contribution in [-0.2, 0) is 16.5 Å². The molecule has 0 aromatic heterocycles. The number of phenols is 1. The minimum Gasteiger partial charge on any atom is -0.505 e. The predicted octanol–water partition coefficient (Wildman–Crippen LogP) is 7.34. The van der Waals surface area contributed by atoms with E-state index in [9.17, 15) is 22.9 Å². The fourth-order valence-electron chi connectivity index (χ4n) is 3.89. The number of ether oxygens (including phenoxy) is 1. The smallest absolute Gasteiger partial charge is 0.296 e. The number of carbonyl (C=O) groups excluding carboxylic acids is 1. The van der Waals surface area contributed by atoms with Crippen LogP contribution in [0.3, 0.4) is 0 Å². The van der Waals surface area contributed by atoms with Crippen molar-refractivity contribution in [1.29, 1.82) is 0 Å². The van der Waals surface area contributed by atoms with Gasteiger partial charge in [-0.1, -0.05) is 60.5 Å². The molecule has 4 aromatic rings. The van der Waals surface area contributed by atoms with E-state index >= 15 is 0 Å². The lowest BCUT2D eigenvalue weighted by Gasteiger charge is -2.14. The molecular weight excluding hydrogens is 553 g/mol. The van der Waals surface area contributed by atoms with Gasteiger partial charge in [0.05, 0.1) is 28.4 Å². The molecule has 0 atom stereocenters. The van der Waals surface area contributed by atoms with Gasteiger partial charge >= 0.3 is 0 Å². The van der Waals surface area contributed by atoms with E-state index in [1.165, 1.54) is 19.2 Å². The number of phenolic OH excluding ortho intramolecular Hbond substituents is 1. The minimum absolute atomic E-state index is 0.0106. The van der Waals surface area contributed by atoms with E-state index in [0.29, 0.717) is 22.1 Å². The van der Waals surface area contributed by atoms with Crippen molar-refractivity contribution in [2.24, 2.45) is 10.2 Å². The third kappa shape index (κ3) is 5.30. The van der Waals surface area contributed by atoms with Crippen molar-refractivity contribution in [3.8, 4) is 11.5 Å². The van der Waals surface area contributed by atoms with Gasteiger partial charge in [0.25, 0.3) is 16.0 Å². The van der Waals surface area contributed by atoms with Crippen molar-refractivity contribution in [3.63, 3.8) is 0 Å². The first-order valence-corrected chi connectivity index (χ1v) is 13.4. The van der Waals surface area contributed by atoms with E-state index in [1.807, 2.05) is 0 Å². The number of benzene rings is 4. The van der Waals surface area contributed by atoms with Crippen molar-refractivity contribution in [2.45, 2.75) is 18.2 Å². The van der Waals surface area contributed by atoms with Gasteiger partial charge in [-0.15, -0.1) is 5.11 Å². The average Bonchev–Trinajstić information content (AvgIpc) is 2.88. The van der Waals surface area contributed by atoms with Gasteiger partial charge in [0.1, 0.15) is 22.0 Å². The quantitative estimate of drug-likeness (QED) is 0.156. The summed E-state index contributed by atoms with van der Waals surface area (Å²) in [5, 5.41) is 23.4. The molecule has 3 N–H and O–H groups in total. The number of aromatic hydroxyl groups is 1. The van der Waals surface area contributed by atoms with E-state index in [-0.39, 0.29) is 39.1 Å². The first kappa shape index (κ1) is 27.3. The lowest BCUT2D eigenvalue weighted by atomic mass is 10.0. The first-order chi connectivity index (χ1) is 18.1. The molecule has 9 nitrogen and oxygen atoms in total. The number of fused-ring (bicyclic) bond motifs is 1. The third-order valence-corrected chi connectivity index (χ3v) is 7.50. The Morgan fingerprint density at radius 1 is 1.05 bits per heavy atom. The van der Waals surface area contributed by atoms with Crippen molar-refractivity contribution in [2.75, 3.05) is 12.4 Å². The fourth-order valence-corrected chi connectivity index (χ4v) is 5.28. The Morgan fingerprint density at radius 3 is 2.47 bits per heavy atom. The summed E-state index contributed by atoms with van der Waals surface area (Å²) in [6.07, 6.45) is 0.283. The Morgan fingerprint density at radius 2 is 1.79 bits per heavy atom. The first-order valence-electron chi connectivity index (χ1n) is 11.2. The zero-order valence-corrected chi connectivity index (χ0v) is 22.4. The van der Waals surface area contributed by atoms with Gasteiger partial charge in [0, 0.05) is 5.39 Å². The van der Waals surface area contributed by atoms with Crippen LogP contribution >= 0.6 is 23.2 Å². The number of halogens is 2. The maximum atomic E-state index is 13.2. The molecule has 38 heavy (non-hydrogen) atoms. The number of carbonyl (C=O) groups is 1. The van der Waals surface area contributed by atoms with Crippen LogP contribution < -0.4 is 10.1 Å². The van der Waals surface area contributed by atoms with Crippen LogP contribution in [-0.4, -0.2) is 31.1 Å². The molecule has 4 aromatic carbocycles. The molecule has 0 aliphatic rings. The molecular formula is C26H21Cl2N3O6S. The normalized spacial score (nSPS) is 11.7. The topological polar surface area (TPSA) is 138 Å². The maximum Gasteiger partial charge on any atom is 0.296 e. The number of rotatable bonds is 7. The Bertz CT molecular complexity index is 1710. The minimum atomic E-state index is -4.54. The number of para-hydroxylation sites is 1. The van der Waals surface area contributed by atoms with Crippen molar-refractivity contribution in [3.05, 3.63) is 81.8 Å². The molecule has 0 aliphatic carbocycles. The molecule has 0 heterocycles. The number of azo groups is 1. The van der Waals surface area contributed by atoms with Gasteiger partial charge in [0.2, 0.25) is 0 Å². The molecule has 1 amide bonds. The van der Waals surface area contributed by atoms with Crippen LogP contribution in [0.25, 0.3) is 10.8 Å². The Labute approximate surface area is 228 Å². The summed E-state index contributed by atoms with van der Waals surface area (Å²) in [7, 11) is -3.10. The van der Waals surface area contributed by atoms with Gasteiger partial charge in [-0.3, -0.25) is 9.35 Å². The molecule has 0 unspecified atom stereocenters.